The minimum atomic E-state index is -1.16. The lowest BCUT2D eigenvalue weighted by Crippen LogP contribution is -2.37. The number of carboxylic acid groups (broad SMARTS) is 1. The molecule has 0 saturated carbocycles. The molecule has 18 heavy (non-hydrogen) atoms. The van der Waals surface area contributed by atoms with Crippen LogP contribution in [0, 0.1) is 0 Å². The number of nitrogens with zero attached hydrogens (tertiary/aromatic N) is 2. The van der Waals surface area contributed by atoms with Crippen LogP contribution in [-0.4, -0.2) is 51.2 Å². The standard InChI is InChI=1S/C12H14N2O4/c15-7-9-2-1-5-14(9)11(16)8-3-4-13-10(6-8)12(17)18/h3-4,6,9,15H,1-2,5,7H2,(H,17,18). The van der Waals surface area contributed by atoms with E-state index in [4.69, 9.17) is 5.11 Å². The van der Waals surface area contributed by atoms with E-state index in [0.717, 1.165) is 12.8 Å². The van der Waals surface area contributed by atoms with Crippen LogP contribution in [0.4, 0.5) is 0 Å². The molecule has 1 aliphatic heterocycles. The second-order valence-electron chi connectivity index (χ2n) is 4.21. The van der Waals surface area contributed by atoms with Crippen molar-refractivity contribution in [1.82, 2.24) is 9.88 Å². The van der Waals surface area contributed by atoms with Crippen LogP contribution in [0.3, 0.4) is 0 Å². The summed E-state index contributed by atoms with van der Waals surface area (Å²) in [4.78, 5) is 28.2. The Morgan fingerprint density at radius 1 is 1.50 bits per heavy atom. The minimum absolute atomic E-state index is 0.0669. The summed E-state index contributed by atoms with van der Waals surface area (Å²) in [5.74, 6) is -1.42. The van der Waals surface area contributed by atoms with Crippen molar-refractivity contribution in [2.24, 2.45) is 0 Å². The molecule has 1 aliphatic rings. The number of carboxylic acids is 1. The molecular formula is C12H14N2O4. The van der Waals surface area contributed by atoms with Crippen LogP contribution in [0.2, 0.25) is 0 Å². The molecule has 6 heteroatoms. The van der Waals surface area contributed by atoms with Gasteiger partial charge in [-0.1, -0.05) is 0 Å². The van der Waals surface area contributed by atoms with E-state index in [1.807, 2.05) is 0 Å². The van der Waals surface area contributed by atoms with Gasteiger partial charge in [-0.3, -0.25) is 4.79 Å². The Balaban J connectivity index is 2.23. The van der Waals surface area contributed by atoms with Gasteiger partial charge in [-0.15, -0.1) is 0 Å². The fraction of sp³-hybridized carbons (Fsp3) is 0.417. The molecule has 2 heterocycles. The molecular weight excluding hydrogens is 236 g/mol. The molecule has 96 valence electrons. The highest BCUT2D eigenvalue weighted by atomic mass is 16.4. The van der Waals surface area contributed by atoms with E-state index in [-0.39, 0.29) is 24.2 Å². The predicted molar refractivity (Wildman–Crippen MR) is 62.3 cm³/mol. The maximum absolute atomic E-state index is 12.2. The lowest BCUT2D eigenvalue weighted by atomic mass is 10.2. The minimum Gasteiger partial charge on any atom is -0.477 e. The lowest BCUT2D eigenvalue weighted by Gasteiger charge is -2.23. The third kappa shape index (κ3) is 2.33. The topological polar surface area (TPSA) is 90.7 Å². The van der Waals surface area contributed by atoms with Crippen molar-refractivity contribution in [3.05, 3.63) is 29.6 Å². The van der Waals surface area contributed by atoms with Gasteiger partial charge in [0.25, 0.3) is 5.91 Å². The van der Waals surface area contributed by atoms with E-state index < -0.39 is 5.97 Å². The van der Waals surface area contributed by atoms with E-state index >= 15 is 0 Å². The Labute approximate surface area is 104 Å². The summed E-state index contributed by atoms with van der Waals surface area (Å²) >= 11 is 0. The highest BCUT2D eigenvalue weighted by Crippen LogP contribution is 2.19. The molecule has 6 nitrogen and oxygen atoms in total. The molecule has 1 saturated heterocycles. The molecule has 0 spiro atoms. The lowest BCUT2D eigenvalue weighted by molar-refractivity contribution is 0.0677. The third-order valence-electron chi connectivity index (χ3n) is 3.07. The van der Waals surface area contributed by atoms with Crippen LogP contribution in [-0.2, 0) is 0 Å². The van der Waals surface area contributed by atoms with Crippen LogP contribution in [0.25, 0.3) is 0 Å². The van der Waals surface area contributed by atoms with Gasteiger partial charge in [0.2, 0.25) is 0 Å². The Bertz CT molecular complexity index is 475. The number of amides is 1. The molecule has 2 N–H and O–H groups in total. The van der Waals surface area contributed by atoms with Crippen molar-refractivity contribution >= 4 is 11.9 Å². The second-order valence-corrected chi connectivity index (χ2v) is 4.21. The van der Waals surface area contributed by atoms with Crippen LogP contribution < -0.4 is 0 Å². The molecule has 1 fully saturated rings. The Hall–Kier alpha value is -1.95. The van der Waals surface area contributed by atoms with Gasteiger partial charge in [0.05, 0.1) is 12.6 Å². The van der Waals surface area contributed by atoms with Gasteiger partial charge in [-0.25, -0.2) is 9.78 Å². The molecule has 0 radical (unpaired) electrons. The van der Waals surface area contributed by atoms with Gasteiger partial charge in [0.15, 0.2) is 0 Å². The molecule has 1 aromatic rings. The summed E-state index contributed by atoms with van der Waals surface area (Å²) in [5.41, 5.74) is 0.142. The number of aliphatic hydroxyl groups excluding tert-OH is 1. The maximum Gasteiger partial charge on any atom is 0.354 e. The predicted octanol–water partition coefficient (Wildman–Crippen LogP) is 0.377. The first kappa shape index (κ1) is 12.5. The molecule has 0 bridgehead atoms. The Kier molecular flexibility index (Phi) is 3.57. The number of aromatic carboxylic acids is 1. The van der Waals surface area contributed by atoms with Crippen LogP contribution in [0.5, 0.6) is 0 Å². The molecule has 0 aliphatic carbocycles. The summed E-state index contributed by atoms with van der Waals surface area (Å²) in [7, 11) is 0. The molecule has 2 rings (SSSR count). The molecule has 1 atom stereocenters. The van der Waals surface area contributed by atoms with Crippen LogP contribution in [0.15, 0.2) is 18.3 Å². The van der Waals surface area contributed by atoms with E-state index in [9.17, 15) is 14.7 Å². The second kappa shape index (κ2) is 5.14. The zero-order valence-corrected chi connectivity index (χ0v) is 9.74. The number of hydrogen-bond acceptors (Lipinski definition) is 4. The number of hydrogen-bond donors (Lipinski definition) is 2. The normalized spacial score (nSPS) is 18.9. The van der Waals surface area contributed by atoms with E-state index in [2.05, 4.69) is 4.98 Å². The maximum atomic E-state index is 12.2. The van der Waals surface area contributed by atoms with Crippen molar-refractivity contribution < 1.29 is 19.8 Å². The summed E-state index contributed by atoms with van der Waals surface area (Å²) in [6.45, 7) is 0.525. The highest BCUT2D eigenvalue weighted by molar-refractivity contribution is 5.96. The number of carbonyl (C=O) groups is 2. The van der Waals surface area contributed by atoms with Gasteiger partial charge < -0.3 is 15.1 Å². The highest BCUT2D eigenvalue weighted by Gasteiger charge is 2.29. The number of pyridine rings is 1. The van der Waals surface area contributed by atoms with Crippen molar-refractivity contribution in [3.8, 4) is 0 Å². The van der Waals surface area contributed by atoms with Crippen LogP contribution in [0.1, 0.15) is 33.7 Å². The first-order valence-electron chi connectivity index (χ1n) is 5.74. The first-order chi connectivity index (χ1) is 8.63. The van der Waals surface area contributed by atoms with Gasteiger partial charge >= 0.3 is 5.97 Å². The third-order valence-corrected chi connectivity index (χ3v) is 3.07. The van der Waals surface area contributed by atoms with E-state index in [1.165, 1.54) is 18.3 Å². The molecule has 1 aromatic heterocycles. The Morgan fingerprint density at radius 3 is 2.94 bits per heavy atom. The summed E-state index contributed by atoms with van der Waals surface area (Å²) in [6.07, 6.45) is 2.94. The van der Waals surface area contributed by atoms with Gasteiger partial charge in [-0.2, -0.15) is 0 Å². The average Bonchev–Trinajstić information content (AvgIpc) is 2.86. The van der Waals surface area contributed by atoms with Gasteiger partial charge in [-0.05, 0) is 25.0 Å². The van der Waals surface area contributed by atoms with Crippen molar-refractivity contribution in [2.75, 3.05) is 13.2 Å². The van der Waals surface area contributed by atoms with E-state index in [1.54, 1.807) is 4.90 Å². The zero-order valence-electron chi connectivity index (χ0n) is 9.74. The molecule has 0 aromatic carbocycles. The van der Waals surface area contributed by atoms with Crippen LogP contribution >= 0.6 is 0 Å². The van der Waals surface area contributed by atoms with E-state index in [0.29, 0.717) is 12.1 Å². The van der Waals surface area contributed by atoms with Gasteiger partial charge in [0, 0.05) is 18.3 Å². The van der Waals surface area contributed by atoms with Gasteiger partial charge in [0.1, 0.15) is 5.69 Å². The summed E-state index contributed by atoms with van der Waals surface area (Å²) < 4.78 is 0. The monoisotopic (exact) mass is 250 g/mol. The van der Waals surface area contributed by atoms with Crippen molar-refractivity contribution in [3.63, 3.8) is 0 Å². The SMILES string of the molecule is O=C(O)c1cc(C(=O)N2CCCC2CO)ccn1. The average molecular weight is 250 g/mol. The number of rotatable bonds is 3. The fourth-order valence-electron chi connectivity index (χ4n) is 2.14. The number of aliphatic hydroxyl groups is 1. The van der Waals surface area contributed by atoms with Crippen molar-refractivity contribution in [2.45, 2.75) is 18.9 Å². The number of likely N-dealkylation sites (tertiary alicyclic amines) is 1. The number of carbonyl (C=O) groups excluding carboxylic acids is 1. The largest absolute Gasteiger partial charge is 0.477 e. The summed E-state index contributed by atoms with van der Waals surface area (Å²) in [5, 5.41) is 18.0. The zero-order chi connectivity index (χ0) is 13.1. The van der Waals surface area contributed by atoms with Crippen molar-refractivity contribution in [1.29, 1.82) is 0 Å². The quantitative estimate of drug-likeness (QED) is 0.809. The Morgan fingerprint density at radius 2 is 2.28 bits per heavy atom. The molecule has 1 amide bonds. The number of aromatic nitrogens is 1. The smallest absolute Gasteiger partial charge is 0.354 e. The first-order valence-corrected chi connectivity index (χ1v) is 5.74. The molecule has 1 unspecified atom stereocenters. The fourth-order valence-corrected chi connectivity index (χ4v) is 2.14. The summed E-state index contributed by atoms with van der Waals surface area (Å²) in [6, 6.07) is 2.58.